The minimum absolute atomic E-state index is 0.171. The van der Waals surface area contributed by atoms with Gasteiger partial charge < -0.3 is 5.32 Å². The molecule has 0 radical (unpaired) electrons. The van der Waals surface area contributed by atoms with Gasteiger partial charge in [-0.15, -0.1) is 11.3 Å². The zero-order valence-corrected chi connectivity index (χ0v) is 14.4. The Morgan fingerprint density at radius 2 is 2.05 bits per heavy atom. The van der Waals surface area contributed by atoms with Crippen LogP contribution in [0.2, 0.25) is 5.02 Å². The minimum Gasteiger partial charge on any atom is -0.323 e. The van der Waals surface area contributed by atoms with Gasteiger partial charge in [0.1, 0.15) is 4.21 Å². The van der Waals surface area contributed by atoms with E-state index in [4.69, 9.17) is 11.6 Å². The number of carbonyl (C=O) groups is 1. The molecule has 0 bridgehead atoms. The molecule has 5 nitrogen and oxygen atoms in total. The lowest BCUT2D eigenvalue weighted by molar-refractivity contribution is -0.115. The first-order valence-corrected chi connectivity index (χ1v) is 9.13. The number of thiophene rings is 1. The Morgan fingerprint density at radius 1 is 1.32 bits per heavy atom. The van der Waals surface area contributed by atoms with Crippen LogP contribution < -0.4 is 10.0 Å². The molecular formula is C14H15ClN2O3S2. The summed E-state index contributed by atoms with van der Waals surface area (Å²) in [5, 5.41) is 4.71. The number of amides is 1. The molecule has 0 saturated carbocycles. The molecule has 1 heterocycles. The molecule has 0 aliphatic rings. The number of anilines is 1. The van der Waals surface area contributed by atoms with Crippen molar-refractivity contribution >= 4 is 44.6 Å². The van der Waals surface area contributed by atoms with E-state index >= 15 is 0 Å². The van der Waals surface area contributed by atoms with Crippen LogP contribution >= 0.6 is 22.9 Å². The highest BCUT2D eigenvalue weighted by Crippen LogP contribution is 2.27. The van der Waals surface area contributed by atoms with Crippen LogP contribution in [0.5, 0.6) is 0 Å². The Bertz CT molecular complexity index is 763. The molecule has 1 amide bonds. The fourth-order valence-corrected chi connectivity index (χ4v) is 4.29. The molecule has 0 aliphatic carbocycles. The van der Waals surface area contributed by atoms with E-state index in [2.05, 4.69) is 10.0 Å². The molecule has 2 N–H and O–H groups in total. The van der Waals surface area contributed by atoms with Crippen molar-refractivity contribution in [3.63, 3.8) is 0 Å². The van der Waals surface area contributed by atoms with E-state index in [1.165, 1.54) is 6.07 Å². The van der Waals surface area contributed by atoms with Crippen LogP contribution in [0.25, 0.3) is 0 Å². The summed E-state index contributed by atoms with van der Waals surface area (Å²) in [6, 6.07) is 6.73. The summed E-state index contributed by atoms with van der Waals surface area (Å²) < 4.78 is 26.3. The average molecular weight is 359 g/mol. The van der Waals surface area contributed by atoms with Crippen molar-refractivity contribution in [3.05, 3.63) is 45.8 Å². The third kappa shape index (κ3) is 4.07. The van der Waals surface area contributed by atoms with Gasteiger partial charge in [-0.25, -0.2) is 13.1 Å². The Balaban J connectivity index is 2.03. The molecule has 2 rings (SSSR count). The van der Waals surface area contributed by atoms with Crippen LogP contribution in [0.1, 0.15) is 11.1 Å². The Hall–Kier alpha value is -1.41. The lowest BCUT2D eigenvalue weighted by Gasteiger charge is -2.12. The second-order valence-corrected chi connectivity index (χ2v) is 8.09. The van der Waals surface area contributed by atoms with Gasteiger partial charge in [0.05, 0.1) is 17.3 Å². The molecule has 0 atom stereocenters. The van der Waals surface area contributed by atoms with Crippen LogP contribution in [0.15, 0.2) is 33.9 Å². The molecule has 118 valence electrons. The lowest BCUT2D eigenvalue weighted by Crippen LogP contribution is -2.32. The third-order valence-corrected chi connectivity index (χ3v) is 5.98. The molecule has 1 aromatic carbocycles. The maximum Gasteiger partial charge on any atom is 0.250 e. The number of hydrogen-bond acceptors (Lipinski definition) is 4. The highest BCUT2D eigenvalue weighted by atomic mass is 35.5. The average Bonchev–Trinajstić information content (AvgIpc) is 2.95. The number of carbonyl (C=O) groups excluding carboxylic acids is 1. The molecule has 0 spiro atoms. The Kier molecular flexibility index (Phi) is 5.23. The van der Waals surface area contributed by atoms with Gasteiger partial charge >= 0.3 is 0 Å². The molecule has 0 fully saturated rings. The first-order valence-electron chi connectivity index (χ1n) is 6.39. The van der Waals surface area contributed by atoms with Crippen molar-refractivity contribution in [3.8, 4) is 0 Å². The summed E-state index contributed by atoms with van der Waals surface area (Å²) in [6.45, 7) is 3.37. The smallest absolute Gasteiger partial charge is 0.250 e. The molecule has 22 heavy (non-hydrogen) atoms. The number of benzene rings is 1. The van der Waals surface area contributed by atoms with Crippen LogP contribution in [0.4, 0.5) is 5.69 Å². The zero-order valence-electron chi connectivity index (χ0n) is 12.0. The lowest BCUT2D eigenvalue weighted by atomic mass is 10.1. The van der Waals surface area contributed by atoms with Gasteiger partial charge in [-0.05, 0) is 42.5 Å². The maximum atomic E-state index is 11.9. The minimum atomic E-state index is -3.66. The predicted molar refractivity (Wildman–Crippen MR) is 89.1 cm³/mol. The maximum absolute atomic E-state index is 11.9. The van der Waals surface area contributed by atoms with E-state index in [9.17, 15) is 13.2 Å². The molecule has 0 aliphatic heterocycles. The topological polar surface area (TPSA) is 75.3 Å². The summed E-state index contributed by atoms with van der Waals surface area (Å²) in [4.78, 5) is 11.9. The standard InChI is InChI=1S/C14H15ClN2O3S2/c1-9-6-10(2)14(11(15)7-9)17-12(18)8-16-22(19,20)13-4-3-5-21-13/h3-7,16H,8H2,1-2H3,(H,17,18). The summed E-state index contributed by atoms with van der Waals surface area (Å²) >= 11 is 7.19. The molecule has 0 unspecified atom stereocenters. The predicted octanol–water partition coefficient (Wildman–Crippen LogP) is 2.94. The fourth-order valence-electron chi connectivity index (χ4n) is 1.91. The highest BCUT2D eigenvalue weighted by molar-refractivity contribution is 7.91. The Labute approximate surface area is 138 Å². The molecule has 8 heteroatoms. The van der Waals surface area contributed by atoms with Crippen molar-refractivity contribution in [1.82, 2.24) is 4.72 Å². The zero-order chi connectivity index (χ0) is 16.3. The molecule has 2 aromatic rings. The number of halogens is 1. The second kappa shape index (κ2) is 6.78. The summed E-state index contributed by atoms with van der Waals surface area (Å²) in [6.07, 6.45) is 0. The summed E-state index contributed by atoms with van der Waals surface area (Å²) in [7, 11) is -3.66. The van der Waals surface area contributed by atoms with Crippen LogP contribution in [-0.2, 0) is 14.8 Å². The van der Waals surface area contributed by atoms with E-state index in [-0.39, 0.29) is 10.8 Å². The second-order valence-electron chi connectivity index (χ2n) is 4.74. The van der Waals surface area contributed by atoms with Crippen molar-refractivity contribution < 1.29 is 13.2 Å². The molecule has 1 aromatic heterocycles. The van der Waals surface area contributed by atoms with Gasteiger partial charge in [-0.2, -0.15) is 0 Å². The van der Waals surface area contributed by atoms with E-state index in [1.807, 2.05) is 19.9 Å². The quantitative estimate of drug-likeness (QED) is 0.862. The van der Waals surface area contributed by atoms with E-state index < -0.39 is 15.9 Å². The number of nitrogens with one attached hydrogen (secondary N) is 2. The largest absolute Gasteiger partial charge is 0.323 e. The van der Waals surface area contributed by atoms with Gasteiger partial charge in [0.15, 0.2) is 0 Å². The van der Waals surface area contributed by atoms with Gasteiger partial charge in [0.25, 0.3) is 10.0 Å². The van der Waals surface area contributed by atoms with Crippen molar-refractivity contribution in [1.29, 1.82) is 0 Å². The monoisotopic (exact) mass is 358 g/mol. The number of aryl methyl sites for hydroxylation is 2. The van der Waals surface area contributed by atoms with Gasteiger partial charge in [0.2, 0.25) is 5.91 Å². The summed E-state index contributed by atoms with van der Waals surface area (Å²) in [5.41, 5.74) is 2.30. The van der Waals surface area contributed by atoms with Crippen molar-refractivity contribution in [2.75, 3.05) is 11.9 Å². The summed E-state index contributed by atoms with van der Waals surface area (Å²) in [5.74, 6) is -0.478. The number of rotatable bonds is 5. The van der Waals surface area contributed by atoms with Crippen molar-refractivity contribution in [2.45, 2.75) is 18.1 Å². The van der Waals surface area contributed by atoms with E-state index in [1.54, 1.807) is 17.5 Å². The molecule has 0 saturated heterocycles. The van der Waals surface area contributed by atoms with E-state index in [0.29, 0.717) is 10.7 Å². The van der Waals surface area contributed by atoms with Crippen LogP contribution in [-0.4, -0.2) is 20.9 Å². The first kappa shape index (κ1) is 17.0. The van der Waals surface area contributed by atoms with Gasteiger partial charge in [0, 0.05) is 0 Å². The third-order valence-electron chi connectivity index (χ3n) is 2.88. The highest BCUT2D eigenvalue weighted by Gasteiger charge is 2.17. The fraction of sp³-hybridized carbons (Fsp3) is 0.214. The van der Waals surface area contributed by atoms with E-state index in [0.717, 1.165) is 22.5 Å². The molecular weight excluding hydrogens is 344 g/mol. The normalized spacial score (nSPS) is 11.4. The SMILES string of the molecule is Cc1cc(C)c(NC(=O)CNS(=O)(=O)c2cccs2)c(Cl)c1. The van der Waals surface area contributed by atoms with Gasteiger partial charge in [-0.1, -0.05) is 23.7 Å². The first-order chi connectivity index (χ1) is 10.3. The van der Waals surface area contributed by atoms with Crippen LogP contribution in [0.3, 0.4) is 0 Å². The number of sulfonamides is 1. The van der Waals surface area contributed by atoms with Gasteiger partial charge in [-0.3, -0.25) is 4.79 Å². The number of hydrogen-bond donors (Lipinski definition) is 2. The van der Waals surface area contributed by atoms with Crippen LogP contribution in [0, 0.1) is 13.8 Å². The van der Waals surface area contributed by atoms with Crippen molar-refractivity contribution in [2.24, 2.45) is 0 Å². The Morgan fingerprint density at radius 3 is 2.64 bits per heavy atom.